The summed E-state index contributed by atoms with van der Waals surface area (Å²) in [4.78, 5) is 31.9. The van der Waals surface area contributed by atoms with Crippen molar-refractivity contribution in [2.24, 2.45) is 0 Å². The van der Waals surface area contributed by atoms with Gasteiger partial charge in [-0.25, -0.2) is 9.78 Å². The van der Waals surface area contributed by atoms with E-state index >= 15 is 0 Å². The number of allylic oxidation sites excluding steroid dienone is 1. The van der Waals surface area contributed by atoms with E-state index < -0.39 is 5.63 Å². The molecule has 0 saturated heterocycles. The first kappa shape index (κ1) is 29.4. The van der Waals surface area contributed by atoms with Crippen LogP contribution in [0.1, 0.15) is 45.9 Å². The van der Waals surface area contributed by atoms with E-state index in [4.69, 9.17) is 9.15 Å². The van der Waals surface area contributed by atoms with Gasteiger partial charge in [0.15, 0.2) is 5.58 Å². The van der Waals surface area contributed by atoms with Crippen molar-refractivity contribution < 1.29 is 13.9 Å². The van der Waals surface area contributed by atoms with Crippen molar-refractivity contribution in [2.75, 3.05) is 44.1 Å². The molecule has 0 spiro atoms. The number of carbonyl (C=O) groups is 1. The van der Waals surface area contributed by atoms with E-state index in [0.717, 1.165) is 16.9 Å². The summed E-state index contributed by atoms with van der Waals surface area (Å²) in [5.41, 5.74) is 4.05. The van der Waals surface area contributed by atoms with Gasteiger partial charge in [0.1, 0.15) is 17.8 Å². The Morgan fingerprint density at radius 2 is 1.71 bits per heavy atom. The number of fused-ring (bicyclic) bond motifs is 1. The minimum Gasteiger partial charge on any atom is -0.464 e. The molecule has 0 radical (unpaired) electrons. The van der Waals surface area contributed by atoms with Crippen LogP contribution in [0.2, 0.25) is 0 Å². The maximum atomic E-state index is 12.3. The molecule has 0 bridgehead atoms. The topological polar surface area (TPSA) is 75.9 Å². The van der Waals surface area contributed by atoms with E-state index in [0.29, 0.717) is 37.1 Å². The molecule has 0 unspecified atom stereocenters. The highest BCUT2D eigenvalue weighted by Gasteiger charge is 2.07. The van der Waals surface area contributed by atoms with Crippen LogP contribution in [0.25, 0.3) is 17.2 Å². The smallest absolute Gasteiger partial charge is 0.362 e. The van der Waals surface area contributed by atoms with Crippen molar-refractivity contribution in [3.8, 4) is 0 Å². The van der Waals surface area contributed by atoms with Crippen LogP contribution in [0.5, 0.6) is 0 Å². The van der Waals surface area contributed by atoms with Crippen molar-refractivity contribution in [3.63, 3.8) is 0 Å². The van der Waals surface area contributed by atoms with Crippen LogP contribution in [0.15, 0.2) is 57.8 Å². The molecule has 0 fully saturated rings. The van der Waals surface area contributed by atoms with Crippen LogP contribution in [0.4, 0.5) is 11.4 Å². The summed E-state index contributed by atoms with van der Waals surface area (Å²) < 4.78 is 10.6. The molecule has 0 saturated carbocycles. The molecule has 0 atom stereocenters. The van der Waals surface area contributed by atoms with Crippen LogP contribution in [0, 0.1) is 0 Å². The number of ether oxygens (including phenoxy) is 1. The van der Waals surface area contributed by atoms with E-state index in [9.17, 15) is 9.59 Å². The molecule has 0 aliphatic rings. The standard InChI is InChI=1S/C25H29N3O4.C2H6.CH4/c1-5-24(29)31-16-15-28(4)19-11-9-18(10-12-19)7-6-8-22-25(30)32-23-17-20(27(2)3)13-14-21(23)26-22;1-2;/h6,8-14,17H,5,7,15-16H2,1-4H3;1-2H3;1H4/b8-6+;;. The number of anilines is 2. The van der Waals surface area contributed by atoms with Gasteiger partial charge in [0.25, 0.3) is 0 Å². The first-order chi connectivity index (χ1) is 16.4. The fourth-order valence-electron chi connectivity index (χ4n) is 3.11. The number of likely N-dealkylation sites (N-methyl/N-ethyl adjacent to an activating group) is 1. The predicted octanol–water partition coefficient (Wildman–Crippen LogP) is 5.56. The van der Waals surface area contributed by atoms with Crippen LogP contribution in [-0.2, 0) is 16.0 Å². The molecule has 35 heavy (non-hydrogen) atoms. The lowest BCUT2D eigenvalue weighted by Crippen LogP contribution is -2.23. The SMILES string of the molecule is C.CC.CCC(=O)OCCN(C)c1ccc(C/C=C/c2nc3ccc(N(C)C)cc3oc2=O)cc1. The summed E-state index contributed by atoms with van der Waals surface area (Å²) in [6, 6.07) is 13.7. The second kappa shape index (κ2) is 14.6. The van der Waals surface area contributed by atoms with Gasteiger partial charge in [-0.1, -0.05) is 46.4 Å². The van der Waals surface area contributed by atoms with Gasteiger partial charge in [0.2, 0.25) is 0 Å². The first-order valence-electron chi connectivity index (χ1n) is 11.6. The number of hydrogen-bond acceptors (Lipinski definition) is 7. The Bertz CT molecular complexity index is 1150. The molecule has 0 N–H and O–H groups in total. The number of benzene rings is 2. The van der Waals surface area contributed by atoms with Crippen molar-refractivity contribution in [3.05, 3.63) is 70.2 Å². The molecule has 1 heterocycles. The minimum absolute atomic E-state index is 0. The average molecular weight is 482 g/mol. The molecular weight excluding hydrogens is 442 g/mol. The minimum atomic E-state index is -0.453. The van der Waals surface area contributed by atoms with Crippen LogP contribution in [-0.4, -0.2) is 45.2 Å². The second-order valence-electron chi connectivity index (χ2n) is 7.70. The maximum Gasteiger partial charge on any atom is 0.362 e. The Hall–Kier alpha value is -3.61. The van der Waals surface area contributed by atoms with Gasteiger partial charge in [-0.3, -0.25) is 4.79 Å². The Morgan fingerprint density at radius 1 is 1.06 bits per heavy atom. The van der Waals surface area contributed by atoms with Gasteiger partial charge in [-0.15, -0.1) is 0 Å². The average Bonchev–Trinajstić information content (AvgIpc) is 2.85. The summed E-state index contributed by atoms with van der Waals surface area (Å²) in [7, 11) is 5.82. The molecule has 0 aliphatic heterocycles. The van der Waals surface area contributed by atoms with Crippen molar-refractivity contribution in [1.82, 2.24) is 4.98 Å². The fourth-order valence-corrected chi connectivity index (χ4v) is 3.11. The molecule has 0 aliphatic carbocycles. The zero-order chi connectivity index (χ0) is 25.1. The van der Waals surface area contributed by atoms with E-state index in [1.54, 1.807) is 13.0 Å². The van der Waals surface area contributed by atoms with Gasteiger partial charge in [-0.2, -0.15) is 0 Å². The monoisotopic (exact) mass is 481 g/mol. The number of nitrogens with zero attached hydrogens (tertiary/aromatic N) is 3. The van der Waals surface area contributed by atoms with Gasteiger partial charge in [0.05, 0.1) is 6.54 Å². The van der Waals surface area contributed by atoms with Gasteiger partial charge in [-0.05, 0) is 42.3 Å². The van der Waals surface area contributed by atoms with Crippen molar-refractivity contribution >= 4 is 34.5 Å². The largest absolute Gasteiger partial charge is 0.464 e. The van der Waals surface area contributed by atoms with E-state index in [1.807, 2.05) is 93.3 Å². The van der Waals surface area contributed by atoms with Crippen molar-refractivity contribution in [2.45, 2.75) is 41.0 Å². The summed E-state index contributed by atoms with van der Waals surface area (Å²) >= 11 is 0. The zero-order valence-electron chi connectivity index (χ0n) is 21.0. The second-order valence-corrected chi connectivity index (χ2v) is 7.70. The van der Waals surface area contributed by atoms with Gasteiger partial charge in [0, 0.05) is 45.0 Å². The van der Waals surface area contributed by atoms with Crippen molar-refractivity contribution in [1.29, 1.82) is 0 Å². The van der Waals surface area contributed by atoms with E-state index in [2.05, 4.69) is 4.98 Å². The van der Waals surface area contributed by atoms with Gasteiger partial charge < -0.3 is 19.0 Å². The lowest BCUT2D eigenvalue weighted by atomic mass is 10.1. The predicted molar refractivity (Wildman–Crippen MR) is 146 cm³/mol. The molecule has 7 nitrogen and oxygen atoms in total. The lowest BCUT2D eigenvalue weighted by molar-refractivity contribution is -0.142. The number of hydrogen-bond donors (Lipinski definition) is 0. The summed E-state index contributed by atoms with van der Waals surface area (Å²) in [6.45, 7) is 6.78. The number of esters is 1. The molecule has 190 valence electrons. The molecule has 3 aromatic rings. The highest BCUT2D eigenvalue weighted by atomic mass is 16.5. The van der Waals surface area contributed by atoms with Crippen LogP contribution < -0.4 is 15.4 Å². The number of carbonyl (C=O) groups excluding carboxylic acids is 1. The quantitative estimate of drug-likeness (QED) is 0.370. The Balaban J connectivity index is 0.00000199. The lowest BCUT2D eigenvalue weighted by Gasteiger charge is -2.19. The van der Waals surface area contributed by atoms with Gasteiger partial charge >= 0.3 is 11.6 Å². The Kier molecular flexibility index (Phi) is 12.3. The normalized spacial score (nSPS) is 10.3. The van der Waals surface area contributed by atoms with E-state index in [-0.39, 0.29) is 19.1 Å². The maximum absolute atomic E-state index is 12.3. The van der Waals surface area contributed by atoms with Crippen LogP contribution in [0.3, 0.4) is 0 Å². The third kappa shape index (κ3) is 8.59. The van der Waals surface area contributed by atoms with Crippen LogP contribution >= 0.6 is 0 Å². The number of rotatable bonds is 9. The molecule has 2 aromatic carbocycles. The highest BCUT2D eigenvalue weighted by Crippen LogP contribution is 2.19. The Labute approximate surface area is 209 Å². The molecular formula is C28H39N3O4. The third-order valence-corrected chi connectivity index (χ3v) is 5.10. The molecule has 1 aromatic heterocycles. The van der Waals surface area contributed by atoms with E-state index in [1.165, 1.54) is 0 Å². The zero-order valence-corrected chi connectivity index (χ0v) is 21.0. The fraction of sp³-hybridized carbons (Fsp3) is 0.393. The highest BCUT2D eigenvalue weighted by molar-refractivity contribution is 5.77. The third-order valence-electron chi connectivity index (χ3n) is 5.10. The summed E-state index contributed by atoms with van der Waals surface area (Å²) in [5.74, 6) is -0.186. The number of aromatic nitrogens is 1. The summed E-state index contributed by atoms with van der Waals surface area (Å²) in [5, 5.41) is 0. The molecule has 3 rings (SSSR count). The Morgan fingerprint density at radius 3 is 2.34 bits per heavy atom. The first-order valence-corrected chi connectivity index (χ1v) is 11.6. The molecule has 0 amide bonds. The summed E-state index contributed by atoms with van der Waals surface area (Å²) in [6.07, 6.45) is 4.66. The molecule has 7 heteroatoms.